The molecule has 2 heterocycles. The van der Waals surface area contributed by atoms with Crippen LogP contribution >= 0.6 is 0 Å². The van der Waals surface area contributed by atoms with Gasteiger partial charge >= 0.3 is 12.1 Å². The van der Waals surface area contributed by atoms with E-state index < -0.39 is 36.3 Å². The quantitative estimate of drug-likeness (QED) is 0.762. The summed E-state index contributed by atoms with van der Waals surface area (Å²) < 4.78 is 5.47. The van der Waals surface area contributed by atoms with E-state index in [4.69, 9.17) is 4.74 Å². The van der Waals surface area contributed by atoms with E-state index in [1.165, 1.54) is 11.8 Å². The molecule has 0 bridgehead atoms. The van der Waals surface area contributed by atoms with Gasteiger partial charge in [-0.2, -0.15) is 0 Å². The molecule has 2 fully saturated rings. The van der Waals surface area contributed by atoms with Crippen LogP contribution in [0.15, 0.2) is 12.2 Å². The third-order valence-electron chi connectivity index (χ3n) is 4.51. The fourth-order valence-corrected chi connectivity index (χ4v) is 3.67. The van der Waals surface area contributed by atoms with Crippen molar-refractivity contribution in [3.05, 3.63) is 12.2 Å². The van der Waals surface area contributed by atoms with Crippen LogP contribution in [0.3, 0.4) is 0 Å². The normalized spacial score (nSPS) is 33.7. The molecule has 128 valence electrons. The summed E-state index contributed by atoms with van der Waals surface area (Å²) >= 11 is 0. The van der Waals surface area contributed by atoms with Gasteiger partial charge in [-0.1, -0.05) is 26.0 Å². The number of nitrogens with one attached hydrogen (secondary N) is 1. The maximum absolute atomic E-state index is 12.4. The standard InChI is InChI=1S/C16H24N2O5/c1-5-6-10-7-11(15(20)21)18-13(10)12(17-9(4)19)14(8(2)3)23-16(18)22/h5-6,8,10-14H,7H2,1-4H3,(H,17,19)(H,20,21)/b6-5-/t10-,11-,12-,13-,14-/m1/s1. The number of aliphatic carboxylic acids is 1. The van der Waals surface area contributed by atoms with Gasteiger partial charge in [0.25, 0.3) is 0 Å². The number of carboxylic acid groups (broad SMARTS) is 1. The molecule has 0 unspecified atom stereocenters. The lowest BCUT2D eigenvalue weighted by Crippen LogP contribution is -2.66. The summed E-state index contributed by atoms with van der Waals surface area (Å²) in [5.74, 6) is -1.40. The van der Waals surface area contributed by atoms with Gasteiger partial charge in [-0.3, -0.25) is 9.69 Å². The van der Waals surface area contributed by atoms with E-state index in [0.717, 1.165) is 0 Å². The number of rotatable bonds is 4. The first kappa shape index (κ1) is 17.3. The van der Waals surface area contributed by atoms with Crippen LogP contribution in [0.5, 0.6) is 0 Å². The Bertz CT molecular complexity index is 531. The number of amides is 2. The molecule has 7 heteroatoms. The predicted octanol–water partition coefficient (Wildman–Crippen LogP) is 1.39. The van der Waals surface area contributed by atoms with Gasteiger partial charge < -0.3 is 15.2 Å². The van der Waals surface area contributed by atoms with Gasteiger partial charge in [0.05, 0.1) is 12.1 Å². The summed E-state index contributed by atoms with van der Waals surface area (Å²) in [6, 6.07) is -1.78. The van der Waals surface area contributed by atoms with E-state index in [-0.39, 0.29) is 17.7 Å². The smallest absolute Gasteiger partial charge is 0.411 e. The SMILES string of the molecule is C/C=C\[C@@H]1C[C@H](C(=O)O)N2C(=O)O[C@H](C(C)C)[C@H](NC(C)=O)[C@@H]12. The molecule has 2 rings (SSSR count). The summed E-state index contributed by atoms with van der Waals surface area (Å²) in [4.78, 5) is 36.8. The number of hydrogen-bond donors (Lipinski definition) is 2. The molecule has 0 saturated carbocycles. The van der Waals surface area contributed by atoms with Crippen LogP contribution in [-0.4, -0.2) is 52.2 Å². The Morgan fingerprint density at radius 2 is 2.09 bits per heavy atom. The number of carbonyl (C=O) groups is 3. The fraction of sp³-hybridized carbons (Fsp3) is 0.688. The summed E-state index contributed by atoms with van der Waals surface area (Å²) in [5, 5.41) is 12.3. The third kappa shape index (κ3) is 3.18. The highest BCUT2D eigenvalue weighted by molar-refractivity contribution is 5.82. The Kier molecular flexibility index (Phi) is 4.97. The van der Waals surface area contributed by atoms with Gasteiger partial charge in [0.15, 0.2) is 0 Å². The number of nitrogens with zero attached hydrogens (tertiary/aromatic N) is 1. The summed E-state index contributed by atoms with van der Waals surface area (Å²) in [5.41, 5.74) is 0. The van der Waals surface area contributed by atoms with E-state index in [9.17, 15) is 19.5 Å². The van der Waals surface area contributed by atoms with Gasteiger partial charge in [0, 0.05) is 12.8 Å². The second-order valence-electron chi connectivity index (χ2n) is 6.50. The molecule has 2 aliphatic heterocycles. The molecule has 5 atom stereocenters. The highest BCUT2D eigenvalue weighted by Crippen LogP contribution is 2.39. The summed E-state index contributed by atoms with van der Waals surface area (Å²) in [7, 11) is 0. The van der Waals surface area contributed by atoms with Crippen LogP contribution in [0.1, 0.15) is 34.1 Å². The molecule has 2 aliphatic rings. The molecule has 23 heavy (non-hydrogen) atoms. The van der Waals surface area contributed by atoms with Crippen LogP contribution in [0, 0.1) is 11.8 Å². The first-order valence-corrected chi connectivity index (χ1v) is 7.89. The van der Waals surface area contributed by atoms with Crippen molar-refractivity contribution in [1.82, 2.24) is 10.2 Å². The lowest BCUT2D eigenvalue weighted by Gasteiger charge is -2.45. The van der Waals surface area contributed by atoms with Crippen molar-refractivity contribution in [3.63, 3.8) is 0 Å². The maximum Gasteiger partial charge on any atom is 0.411 e. The molecule has 2 amide bonds. The second kappa shape index (κ2) is 6.60. The summed E-state index contributed by atoms with van der Waals surface area (Å²) in [6.45, 7) is 7.09. The number of allylic oxidation sites excluding steroid dienone is 1. The van der Waals surface area contributed by atoms with Gasteiger partial charge in [-0.15, -0.1) is 0 Å². The number of ether oxygens (including phenoxy) is 1. The van der Waals surface area contributed by atoms with E-state index in [0.29, 0.717) is 6.42 Å². The fourth-order valence-electron chi connectivity index (χ4n) is 3.67. The van der Waals surface area contributed by atoms with Crippen LogP contribution in [0.25, 0.3) is 0 Å². The highest BCUT2D eigenvalue weighted by atomic mass is 16.6. The molecule has 0 aliphatic carbocycles. The number of hydrogen-bond acceptors (Lipinski definition) is 4. The van der Waals surface area contributed by atoms with Crippen LogP contribution in [-0.2, 0) is 14.3 Å². The Balaban J connectivity index is 2.45. The van der Waals surface area contributed by atoms with Crippen LogP contribution in [0.4, 0.5) is 4.79 Å². The Morgan fingerprint density at radius 3 is 2.57 bits per heavy atom. The second-order valence-corrected chi connectivity index (χ2v) is 6.50. The van der Waals surface area contributed by atoms with Gasteiger partial charge in [0.2, 0.25) is 5.91 Å². The lowest BCUT2D eigenvalue weighted by atomic mass is 9.85. The van der Waals surface area contributed by atoms with Crippen LogP contribution in [0.2, 0.25) is 0 Å². The highest BCUT2D eigenvalue weighted by Gasteiger charge is 2.56. The van der Waals surface area contributed by atoms with Crippen molar-refractivity contribution in [1.29, 1.82) is 0 Å². The minimum absolute atomic E-state index is 0.00749. The lowest BCUT2D eigenvalue weighted by molar-refractivity contribution is -0.144. The predicted molar refractivity (Wildman–Crippen MR) is 82.7 cm³/mol. The Labute approximate surface area is 135 Å². The van der Waals surface area contributed by atoms with Gasteiger partial charge in [-0.05, 0) is 19.3 Å². The minimum atomic E-state index is -1.05. The zero-order chi connectivity index (χ0) is 17.3. The first-order chi connectivity index (χ1) is 10.8. The molecule has 0 aromatic heterocycles. The van der Waals surface area contributed by atoms with Crippen molar-refractivity contribution in [2.75, 3.05) is 0 Å². The maximum atomic E-state index is 12.4. The van der Waals surface area contributed by atoms with E-state index >= 15 is 0 Å². The average molecular weight is 324 g/mol. The van der Waals surface area contributed by atoms with Gasteiger partial charge in [-0.25, -0.2) is 9.59 Å². The average Bonchev–Trinajstić information content (AvgIpc) is 2.82. The zero-order valence-electron chi connectivity index (χ0n) is 13.9. The number of carboxylic acids is 1. The molecule has 0 aromatic carbocycles. The summed E-state index contributed by atoms with van der Waals surface area (Å²) in [6.07, 6.45) is 2.98. The largest absolute Gasteiger partial charge is 0.480 e. The molecule has 0 aromatic rings. The Morgan fingerprint density at radius 1 is 1.43 bits per heavy atom. The zero-order valence-corrected chi connectivity index (χ0v) is 13.9. The first-order valence-electron chi connectivity index (χ1n) is 7.89. The van der Waals surface area contributed by atoms with Crippen molar-refractivity contribution < 1.29 is 24.2 Å². The molecule has 0 radical (unpaired) electrons. The molecular formula is C16H24N2O5. The monoisotopic (exact) mass is 324 g/mol. The van der Waals surface area contributed by atoms with Crippen molar-refractivity contribution >= 4 is 18.0 Å². The number of fused-ring (bicyclic) bond motifs is 1. The van der Waals surface area contributed by atoms with Crippen LogP contribution < -0.4 is 5.32 Å². The molecule has 2 saturated heterocycles. The molecule has 2 N–H and O–H groups in total. The van der Waals surface area contributed by atoms with Crippen molar-refractivity contribution in [3.8, 4) is 0 Å². The minimum Gasteiger partial charge on any atom is -0.480 e. The van der Waals surface area contributed by atoms with Crippen molar-refractivity contribution in [2.45, 2.75) is 58.3 Å². The molecule has 0 spiro atoms. The van der Waals surface area contributed by atoms with E-state index in [1.807, 2.05) is 32.9 Å². The number of cyclic esters (lactones) is 1. The van der Waals surface area contributed by atoms with Crippen molar-refractivity contribution in [2.24, 2.45) is 11.8 Å². The topological polar surface area (TPSA) is 95.9 Å². The molecular weight excluding hydrogens is 300 g/mol. The molecule has 7 nitrogen and oxygen atoms in total. The van der Waals surface area contributed by atoms with Gasteiger partial charge in [0.1, 0.15) is 12.1 Å². The number of carbonyl (C=O) groups excluding carboxylic acids is 2. The Hall–Kier alpha value is -2.05. The van der Waals surface area contributed by atoms with E-state index in [2.05, 4.69) is 5.32 Å². The third-order valence-corrected chi connectivity index (χ3v) is 4.51. The van der Waals surface area contributed by atoms with E-state index in [1.54, 1.807) is 0 Å².